The number of halogens is 2. The lowest BCUT2D eigenvalue weighted by Crippen LogP contribution is -2.26. The second kappa shape index (κ2) is 8.59. The standard InChI is InChI=1S/C21H25F2N5S/c1-21(22,23)16-7-3-2-6-15(16)14-25-19-18-17(8-13-29-18)26-20(27-19)24-9-12-28-10-4-5-11-28/h2-3,6-8,13H,4-5,9-12,14H2,1H3,(H2,24,25,26,27). The Balaban J connectivity index is 1.49. The molecule has 1 aliphatic heterocycles. The largest absolute Gasteiger partial charge is 0.365 e. The molecule has 0 radical (unpaired) electrons. The first-order chi connectivity index (χ1) is 14.0. The summed E-state index contributed by atoms with van der Waals surface area (Å²) in [6.45, 7) is 5.25. The molecule has 0 spiro atoms. The summed E-state index contributed by atoms with van der Waals surface area (Å²) in [5.41, 5.74) is 1.45. The molecular formula is C21H25F2N5S. The van der Waals surface area contributed by atoms with E-state index >= 15 is 0 Å². The Hall–Kier alpha value is -2.32. The van der Waals surface area contributed by atoms with E-state index in [0.29, 0.717) is 17.3 Å². The van der Waals surface area contributed by atoms with Crippen LogP contribution in [0.5, 0.6) is 0 Å². The number of hydrogen-bond donors (Lipinski definition) is 2. The van der Waals surface area contributed by atoms with Gasteiger partial charge in [0.2, 0.25) is 5.95 Å². The van der Waals surface area contributed by atoms with Crippen LogP contribution in [0, 0.1) is 0 Å². The number of fused-ring (bicyclic) bond motifs is 1. The zero-order valence-electron chi connectivity index (χ0n) is 16.4. The van der Waals surface area contributed by atoms with Crippen LogP contribution < -0.4 is 10.6 Å². The Morgan fingerprint density at radius 1 is 1.10 bits per heavy atom. The number of benzene rings is 1. The molecule has 3 aromatic rings. The quantitative estimate of drug-likeness (QED) is 0.545. The van der Waals surface area contributed by atoms with Gasteiger partial charge in [-0.25, -0.2) is 13.8 Å². The molecule has 1 saturated heterocycles. The van der Waals surface area contributed by atoms with Gasteiger partial charge in [0.25, 0.3) is 5.92 Å². The smallest absolute Gasteiger partial charge is 0.270 e. The Morgan fingerprint density at radius 3 is 2.69 bits per heavy atom. The van der Waals surface area contributed by atoms with E-state index < -0.39 is 5.92 Å². The number of aromatic nitrogens is 2. The Labute approximate surface area is 173 Å². The van der Waals surface area contributed by atoms with Crippen molar-refractivity contribution in [3.8, 4) is 0 Å². The van der Waals surface area contributed by atoms with E-state index in [1.807, 2.05) is 11.4 Å². The van der Waals surface area contributed by atoms with E-state index in [9.17, 15) is 8.78 Å². The van der Waals surface area contributed by atoms with Gasteiger partial charge in [0.05, 0.1) is 10.2 Å². The molecule has 0 bridgehead atoms. The fourth-order valence-corrected chi connectivity index (χ4v) is 4.47. The van der Waals surface area contributed by atoms with Gasteiger partial charge in [-0.15, -0.1) is 11.3 Å². The first kappa shape index (κ1) is 20.0. The van der Waals surface area contributed by atoms with Gasteiger partial charge in [0, 0.05) is 32.1 Å². The van der Waals surface area contributed by atoms with E-state index in [4.69, 9.17) is 0 Å². The monoisotopic (exact) mass is 417 g/mol. The summed E-state index contributed by atoms with van der Waals surface area (Å²) in [6, 6.07) is 8.57. The number of thiophene rings is 1. The van der Waals surface area contributed by atoms with Crippen molar-refractivity contribution in [3.63, 3.8) is 0 Å². The predicted molar refractivity (Wildman–Crippen MR) is 115 cm³/mol. The number of rotatable bonds is 8. The number of likely N-dealkylation sites (tertiary alicyclic amines) is 1. The van der Waals surface area contributed by atoms with Crippen molar-refractivity contribution in [2.24, 2.45) is 0 Å². The minimum absolute atomic E-state index is 0.0351. The van der Waals surface area contributed by atoms with Gasteiger partial charge < -0.3 is 15.5 Å². The Bertz CT molecular complexity index is 963. The van der Waals surface area contributed by atoms with Crippen molar-refractivity contribution in [3.05, 3.63) is 46.8 Å². The first-order valence-electron chi connectivity index (χ1n) is 9.92. The minimum Gasteiger partial charge on any atom is -0.365 e. The van der Waals surface area contributed by atoms with Crippen molar-refractivity contribution in [1.82, 2.24) is 14.9 Å². The molecular weight excluding hydrogens is 392 g/mol. The van der Waals surface area contributed by atoms with E-state index in [0.717, 1.165) is 43.3 Å². The van der Waals surface area contributed by atoms with E-state index in [2.05, 4.69) is 25.5 Å². The highest BCUT2D eigenvalue weighted by Crippen LogP contribution is 2.31. The van der Waals surface area contributed by atoms with Gasteiger partial charge in [-0.05, 0) is 42.9 Å². The van der Waals surface area contributed by atoms with Crippen LogP contribution in [0.25, 0.3) is 10.2 Å². The first-order valence-corrected chi connectivity index (χ1v) is 10.8. The molecule has 0 amide bonds. The van der Waals surface area contributed by atoms with Crippen LogP contribution >= 0.6 is 11.3 Å². The zero-order chi connectivity index (χ0) is 20.3. The number of anilines is 2. The normalized spacial score (nSPS) is 15.1. The number of alkyl halides is 2. The van der Waals surface area contributed by atoms with Crippen LogP contribution in [-0.2, 0) is 12.5 Å². The van der Waals surface area contributed by atoms with Crippen LogP contribution in [-0.4, -0.2) is 41.0 Å². The summed E-state index contributed by atoms with van der Waals surface area (Å²) in [5.74, 6) is -1.65. The van der Waals surface area contributed by atoms with Gasteiger partial charge >= 0.3 is 0 Å². The molecule has 5 nitrogen and oxygen atoms in total. The fourth-order valence-electron chi connectivity index (χ4n) is 3.68. The average Bonchev–Trinajstić information content (AvgIpc) is 3.37. The van der Waals surface area contributed by atoms with Crippen molar-refractivity contribution in [2.45, 2.75) is 32.2 Å². The fraction of sp³-hybridized carbons (Fsp3) is 0.429. The van der Waals surface area contributed by atoms with E-state index in [1.54, 1.807) is 29.5 Å². The van der Waals surface area contributed by atoms with Crippen LogP contribution in [0.4, 0.5) is 20.5 Å². The third-order valence-electron chi connectivity index (χ3n) is 5.15. The van der Waals surface area contributed by atoms with E-state index in [-0.39, 0.29) is 12.1 Å². The Kier molecular flexibility index (Phi) is 5.91. The number of hydrogen-bond acceptors (Lipinski definition) is 6. The van der Waals surface area contributed by atoms with Crippen molar-refractivity contribution < 1.29 is 8.78 Å². The number of nitrogens with zero attached hydrogens (tertiary/aromatic N) is 3. The summed E-state index contributed by atoms with van der Waals surface area (Å²) < 4.78 is 28.7. The second-order valence-corrected chi connectivity index (χ2v) is 8.32. The zero-order valence-corrected chi connectivity index (χ0v) is 17.2. The van der Waals surface area contributed by atoms with Crippen LogP contribution in [0.2, 0.25) is 0 Å². The highest BCUT2D eigenvalue weighted by Gasteiger charge is 2.27. The molecule has 2 N–H and O–H groups in total. The lowest BCUT2D eigenvalue weighted by atomic mass is 10.0. The highest BCUT2D eigenvalue weighted by atomic mass is 32.1. The molecule has 0 aliphatic carbocycles. The summed E-state index contributed by atoms with van der Waals surface area (Å²) in [5, 5.41) is 8.52. The molecule has 3 heterocycles. The molecule has 2 aromatic heterocycles. The second-order valence-electron chi connectivity index (χ2n) is 7.41. The lowest BCUT2D eigenvalue weighted by molar-refractivity contribution is 0.0166. The molecule has 8 heteroatoms. The number of nitrogens with one attached hydrogen (secondary N) is 2. The molecule has 1 fully saturated rings. The van der Waals surface area contributed by atoms with Crippen LogP contribution in [0.3, 0.4) is 0 Å². The lowest BCUT2D eigenvalue weighted by Gasteiger charge is -2.17. The summed E-state index contributed by atoms with van der Waals surface area (Å²) in [6.07, 6.45) is 2.54. The molecule has 0 atom stereocenters. The molecule has 0 saturated carbocycles. The SMILES string of the molecule is CC(F)(F)c1ccccc1CNc1nc(NCCN2CCCC2)nc2ccsc12. The molecule has 154 valence electrons. The average molecular weight is 418 g/mol. The van der Waals surface area contributed by atoms with E-state index in [1.165, 1.54) is 18.9 Å². The van der Waals surface area contributed by atoms with Crippen molar-refractivity contribution in [1.29, 1.82) is 0 Å². The maximum absolute atomic E-state index is 13.9. The van der Waals surface area contributed by atoms with Crippen LogP contribution in [0.1, 0.15) is 30.9 Å². The van der Waals surface area contributed by atoms with Gasteiger partial charge in [-0.3, -0.25) is 0 Å². The van der Waals surface area contributed by atoms with Crippen LogP contribution in [0.15, 0.2) is 35.7 Å². The van der Waals surface area contributed by atoms with Crippen molar-refractivity contribution in [2.75, 3.05) is 36.8 Å². The van der Waals surface area contributed by atoms with Gasteiger partial charge in [-0.1, -0.05) is 24.3 Å². The molecule has 1 aliphatic rings. The topological polar surface area (TPSA) is 53.1 Å². The molecule has 29 heavy (non-hydrogen) atoms. The third-order valence-corrected chi connectivity index (χ3v) is 6.06. The molecule has 4 rings (SSSR count). The van der Waals surface area contributed by atoms with Gasteiger partial charge in [-0.2, -0.15) is 4.98 Å². The summed E-state index contributed by atoms with van der Waals surface area (Å²) in [4.78, 5) is 11.6. The third kappa shape index (κ3) is 4.82. The summed E-state index contributed by atoms with van der Waals surface area (Å²) in [7, 11) is 0. The minimum atomic E-state index is -2.88. The van der Waals surface area contributed by atoms with Gasteiger partial charge in [0.1, 0.15) is 5.82 Å². The highest BCUT2D eigenvalue weighted by molar-refractivity contribution is 7.17. The molecule has 0 unspecified atom stereocenters. The predicted octanol–water partition coefficient (Wildman–Crippen LogP) is 4.92. The maximum atomic E-state index is 13.9. The maximum Gasteiger partial charge on any atom is 0.270 e. The summed E-state index contributed by atoms with van der Waals surface area (Å²) >= 11 is 1.54. The Morgan fingerprint density at radius 2 is 1.90 bits per heavy atom. The molecule has 1 aromatic carbocycles. The van der Waals surface area contributed by atoms with Crippen molar-refractivity contribution >= 4 is 33.3 Å². The van der Waals surface area contributed by atoms with Gasteiger partial charge in [0.15, 0.2) is 0 Å².